The second kappa shape index (κ2) is 7.60. The van der Waals surface area contributed by atoms with E-state index in [0.29, 0.717) is 30.7 Å². The average Bonchev–Trinajstić information content (AvgIpc) is 3.34. The van der Waals surface area contributed by atoms with E-state index in [1.54, 1.807) is 13.1 Å². The third kappa shape index (κ3) is 3.99. The summed E-state index contributed by atoms with van der Waals surface area (Å²) < 4.78 is 4.94. The fraction of sp³-hybridized carbons (Fsp3) is 0.471. The van der Waals surface area contributed by atoms with Crippen LogP contribution in [0, 0.1) is 0 Å². The van der Waals surface area contributed by atoms with Crippen molar-refractivity contribution >= 4 is 23.7 Å². The molecule has 3 rings (SSSR count). The van der Waals surface area contributed by atoms with Crippen molar-refractivity contribution in [3.8, 4) is 0 Å². The first-order chi connectivity index (χ1) is 12.9. The summed E-state index contributed by atoms with van der Waals surface area (Å²) in [5, 5.41) is 2.61. The van der Waals surface area contributed by atoms with Crippen molar-refractivity contribution in [3.63, 3.8) is 0 Å². The lowest BCUT2D eigenvalue weighted by Crippen LogP contribution is -2.53. The number of rotatable bonds is 6. The summed E-state index contributed by atoms with van der Waals surface area (Å²) in [5.74, 6) is -2.25. The molecule has 10 nitrogen and oxygen atoms in total. The molecule has 0 aromatic carbocycles. The molecule has 1 aromatic rings. The molecule has 0 saturated carbocycles. The Kier molecular flexibility index (Phi) is 5.24. The first kappa shape index (κ1) is 18.6. The highest BCUT2D eigenvalue weighted by Crippen LogP contribution is 2.22. The lowest BCUT2D eigenvalue weighted by atomic mass is 10.1. The van der Waals surface area contributed by atoms with Crippen molar-refractivity contribution in [1.82, 2.24) is 20.2 Å². The maximum Gasteiger partial charge on any atom is 0.315 e. The van der Waals surface area contributed by atoms with Crippen LogP contribution in [0.4, 0.5) is 0 Å². The largest absolute Gasteiger partial charge is 0.420 e. The van der Waals surface area contributed by atoms with Crippen LogP contribution in [0.3, 0.4) is 0 Å². The highest BCUT2D eigenvalue weighted by molar-refractivity contribution is 6.00. The van der Waals surface area contributed by atoms with Crippen LogP contribution < -0.4 is 11.1 Å². The summed E-state index contributed by atoms with van der Waals surface area (Å²) in [5.41, 5.74) is 6.46. The van der Waals surface area contributed by atoms with Crippen molar-refractivity contribution in [2.45, 2.75) is 44.7 Å². The van der Waals surface area contributed by atoms with Crippen molar-refractivity contribution in [2.24, 2.45) is 5.73 Å². The molecule has 3 amide bonds. The monoisotopic (exact) mass is 375 g/mol. The van der Waals surface area contributed by atoms with Crippen molar-refractivity contribution < 1.29 is 23.9 Å². The molecule has 10 heteroatoms. The number of aromatic nitrogens is 2. The molecule has 0 spiro atoms. The molecule has 144 valence electrons. The first-order valence-corrected chi connectivity index (χ1v) is 8.65. The fourth-order valence-corrected chi connectivity index (χ4v) is 3.34. The third-order valence-corrected chi connectivity index (χ3v) is 4.66. The van der Waals surface area contributed by atoms with Crippen LogP contribution in [0.2, 0.25) is 0 Å². The van der Waals surface area contributed by atoms with Gasteiger partial charge in [-0.25, -0.2) is 4.98 Å². The zero-order valence-corrected chi connectivity index (χ0v) is 14.9. The Bertz CT molecular complexity index is 801. The van der Waals surface area contributed by atoms with Crippen LogP contribution in [-0.4, -0.2) is 57.2 Å². The lowest BCUT2D eigenvalue weighted by molar-refractivity contribution is -0.142. The number of hydrogen-bond acceptors (Lipinski definition) is 6. The zero-order valence-electron chi connectivity index (χ0n) is 14.9. The average molecular weight is 375 g/mol. The normalized spacial score (nSPS) is 20.6. The number of nitrogens with one attached hydrogen (secondary N) is 2. The summed E-state index contributed by atoms with van der Waals surface area (Å²) in [6.45, 7) is 2.00. The van der Waals surface area contributed by atoms with E-state index in [0.717, 1.165) is 0 Å². The van der Waals surface area contributed by atoms with Gasteiger partial charge in [0, 0.05) is 19.2 Å². The number of hydrogen-bond donors (Lipinski definition) is 3. The number of primary amides is 1. The van der Waals surface area contributed by atoms with Gasteiger partial charge in [-0.05, 0) is 25.3 Å². The number of nitrogens with two attached hydrogens (primary N) is 1. The van der Waals surface area contributed by atoms with E-state index in [1.165, 1.54) is 11.2 Å². The van der Waals surface area contributed by atoms with Crippen molar-refractivity contribution in [1.29, 1.82) is 0 Å². The summed E-state index contributed by atoms with van der Waals surface area (Å²) in [6, 6.07) is -1.67. The van der Waals surface area contributed by atoms with Crippen LogP contribution in [0.1, 0.15) is 31.9 Å². The van der Waals surface area contributed by atoms with Gasteiger partial charge in [-0.1, -0.05) is 0 Å². The molecule has 0 radical (unpaired) electrons. The summed E-state index contributed by atoms with van der Waals surface area (Å²) >= 11 is 0. The van der Waals surface area contributed by atoms with Gasteiger partial charge in [0.25, 0.3) is 5.91 Å². The minimum absolute atomic E-state index is 0.0383. The fourth-order valence-electron chi connectivity index (χ4n) is 3.34. The van der Waals surface area contributed by atoms with Crippen LogP contribution in [0.25, 0.3) is 0 Å². The van der Waals surface area contributed by atoms with E-state index in [-0.39, 0.29) is 18.6 Å². The number of aromatic amines is 1. The Morgan fingerprint density at radius 1 is 1.48 bits per heavy atom. The van der Waals surface area contributed by atoms with Gasteiger partial charge in [0.05, 0.1) is 18.4 Å². The second-order valence-electron chi connectivity index (χ2n) is 6.64. The maximum absolute atomic E-state index is 13.0. The molecular weight excluding hydrogens is 354 g/mol. The van der Waals surface area contributed by atoms with Gasteiger partial charge < -0.3 is 25.7 Å². The predicted molar refractivity (Wildman–Crippen MR) is 91.6 cm³/mol. The van der Waals surface area contributed by atoms with Crippen molar-refractivity contribution in [2.75, 3.05) is 6.54 Å². The molecule has 1 saturated heterocycles. The molecular formula is C17H21N5O5. The molecule has 3 heterocycles. The number of amides is 3. The summed E-state index contributed by atoms with van der Waals surface area (Å²) in [6.07, 6.45) is 4.39. The van der Waals surface area contributed by atoms with E-state index in [4.69, 9.17) is 10.5 Å². The first-order valence-electron chi connectivity index (χ1n) is 8.65. The Balaban J connectivity index is 1.79. The van der Waals surface area contributed by atoms with E-state index in [2.05, 4.69) is 15.3 Å². The van der Waals surface area contributed by atoms with Gasteiger partial charge >= 0.3 is 5.97 Å². The molecule has 4 N–H and O–H groups in total. The maximum atomic E-state index is 13.0. The van der Waals surface area contributed by atoms with Gasteiger partial charge in [0.15, 0.2) is 5.76 Å². The van der Waals surface area contributed by atoms with Gasteiger partial charge in [-0.15, -0.1) is 0 Å². The number of nitrogens with zero attached hydrogens (tertiary/aromatic N) is 2. The topological polar surface area (TPSA) is 147 Å². The molecule has 0 aliphatic carbocycles. The molecule has 2 atom stereocenters. The van der Waals surface area contributed by atoms with Crippen LogP contribution in [-0.2, 0) is 30.3 Å². The SMILES string of the molecule is CC1=C(C(=O)N[C@@H](Cc2c[nH]cn2)C(=O)N2CCC[C@H]2C(N)=O)OC(=O)C1. The predicted octanol–water partition coefficient (Wildman–Crippen LogP) is -0.866. The smallest absolute Gasteiger partial charge is 0.315 e. The standard InChI is InChI=1S/C17H21N5O5/c1-9-5-13(23)27-14(9)16(25)21-11(6-10-7-19-8-20-10)17(26)22-4-2-3-12(22)15(18)24/h7-8,11-12H,2-6H2,1H3,(H2,18,24)(H,19,20)(H,21,25)/t11-,12-/m0/s1. The number of H-pyrrole nitrogens is 1. The van der Waals surface area contributed by atoms with E-state index in [1.807, 2.05) is 0 Å². The quantitative estimate of drug-likeness (QED) is 0.551. The number of likely N-dealkylation sites (tertiary alicyclic amines) is 1. The molecule has 2 aliphatic heterocycles. The van der Waals surface area contributed by atoms with E-state index >= 15 is 0 Å². The van der Waals surface area contributed by atoms with E-state index in [9.17, 15) is 19.2 Å². The van der Waals surface area contributed by atoms with Gasteiger partial charge in [0.1, 0.15) is 12.1 Å². The van der Waals surface area contributed by atoms with Crippen LogP contribution in [0.15, 0.2) is 23.9 Å². The Morgan fingerprint density at radius 2 is 2.26 bits per heavy atom. The van der Waals surface area contributed by atoms with Crippen LogP contribution >= 0.6 is 0 Å². The third-order valence-electron chi connectivity index (χ3n) is 4.66. The van der Waals surface area contributed by atoms with Gasteiger partial charge in [-0.2, -0.15) is 0 Å². The number of imidazole rings is 1. The number of esters is 1. The molecule has 2 aliphatic rings. The molecule has 1 fully saturated rings. The number of cyclic esters (lactones) is 1. The number of carbonyl (C=O) groups is 4. The minimum Gasteiger partial charge on any atom is -0.420 e. The summed E-state index contributed by atoms with van der Waals surface area (Å²) in [4.78, 5) is 56.8. The minimum atomic E-state index is -0.972. The van der Waals surface area contributed by atoms with Gasteiger partial charge in [-0.3, -0.25) is 19.2 Å². The number of ether oxygens (including phenoxy) is 1. The second-order valence-corrected chi connectivity index (χ2v) is 6.64. The molecule has 27 heavy (non-hydrogen) atoms. The Hall–Kier alpha value is -3.17. The van der Waals surface area contributed by atoms with Gasteiger partial charge in [0.2, 0.25) is 11.8 Å². The zero-order chi connectivity index (χ0) is 19.6. The Morgan fingerprint density at radius 3 is 2.85 bits per heavy atom. The summed E-state index contributed by atoms with van der Waals surface area (Å²) in [7, 11) is 0. The van der Waals surface area contributed by atoms with Crippen molar-refractivity contribution in [3.05, 3.63) is 29.6 Å². The molecule has 1 aromatic heterocycles. The highest BCUT2D eigenvalue weighted by atomic mass is 16.5. The molecule has 0 bridgehead atoms. The highest BCUT2D eigenvalue weighted by Gasteiger charge is 2.38. The van der Waals surface area contributed by atoms with Crippen LogP contribution in [0.5, 0.6) is 0 Å². The van der Waals surface area contributed by atoms with E-state index < -0.39 is 35.8 Å². The molecule has 0 unspecified atom stereocenters. The lowest BCUT2D eigenvalue weighted by Gasteiger charge is -2.27. The number of carbonyl (C=O) groups excluding carboxylic acids is 4. The Labute approximate surface area is 155 Å².